The van der Waals surface area contributed by atoms with Crippen LogP contribution in [0.15, 0.2) is 17.2 Å². The summed E-state index contributed by atoms with van der Waals surface area (Å²) in [6, 6.07) is 3.60. The van der Waals surface area contributed by atoms with Gasteiger partial charge in [-0.1, -0.05) is 0 Å². The summed E-state index contributed by atoms with van der Waals surface area (Å²) in [5, 5.41) is 3.70. The average molecular weight is 224 g/mol. The van der Waals surface area contributed by atoms with Gasteiger partial charge in [-0.05, 0) is 18.6 Å². The molecular weight excluding hydrogens is 208 g/mol. The smallest absolute Gasteiger partial charge is 0.208 e. The Hall–Kier alpha value is -2.11. The van der Waals surface area contributed by atoms with Crippen molar-refractivity contribution in [2.24, 2.45) is 16.6 Å². The van der Waals surface area contributed by atoms with E-state index in [2.05, 4.69) is 10.5 Å². The molecular formula is C10H16N4O2. The molecule has 0 atom stereocenters. The van der Waals surface area contributed by atoms with Crippen LogP contribution >= 0.6 is 0 Å². The molecule has 1 aromatic carbocycles. The molecule has 88 valence electrons. The van der Waals surface area contributed by atoms with Gasteiger partial charge < -0.3 is 20.9 Å². The highest BCUT2D eigenvalue weighted by Gasteiger charge is 2.07. The number of hydrogen-bond acceptors (Lipinski definition) is 4. The number of ether oxygens (including phenoxy) is 2. The number of methoxy groups -OCH3 is 2. The van der Waals surface area contributed by atoms with Crippen LogP contribution < -0.4 is 26.4 Å². The maximum atomic E-state index is 5.23. The van der Waals surface area contributed by atoms with Gasteiger partial charge in [-0.25, -0.2) is 0 Å². The molecule has 6 heteroatoms. The largest absolute Gasteiger partial charge is 0.496 e. The molecule has 0 amide bonds. The van der Waals surface area contributed by atoms with E-state index < -0.39 is 0 Å². The maximum Gasteiger partial charge on any atom is 0.208 e. The molecule has 0 aromatic heterocycles. The fourth-order valence-corrected chi connectivity index (χ4v) is 1.26. The van der Waals surface area contributed by atoms with Crippen molar-refractivity contribution in [3.05, 3.63) is 17.7 Å². The lowest BCUT2D eigenvalue weighted by Crippen LogP contribution is -2.24. The molecule has 0 radical (unpaired) electrons. The summed E-state index contributed by atoms with van der Waals surface area (Å²) >= 11 is 0. The summed E-state index contributed by atoms with van der Waals surface area (Å²) in [6.07, 6.45) is 0. The van der Waals surface area contributed by atoms with E-state index in [1.807, 2.05) is 13.0 Å². The summed E-state index contributed by atoms with van der Waals surface area (Å²) < 4.78 is 10.4. The molecule has 1 rings (SSSR count). The minimum Gasteiger partial charge on any atom is -0.496 e. The summed E-state index contributed by atoms with van der Waals surface area (Å²) in [7, 11) is 3.17. The average Bonchev–Trinajstić information content (AvgIpc) is 2.26. The van der Waals surface area contributed by atoms with E-state index in [0.717, 1.165) is 11.3 Å². The second kappa shape index (κ2) is 5.11. The second-order valence-corrected chi connectivity index (χ2v) is 3.17. The van der Waals surface area contributed by atoms with E-state index in [9.17, 15) is 0 Å². The second-order valence-electron chi connectivity index (χ2n) is 3.17. The molecule has 5 N–H and O–H groups in total. The van der Waals surface area contributed by atoms with E-state index in [-0.39, 0.29) is 5.96 Å². The molecule has 0 unspecified atom stereocenters. The number of rotatable bonds is 4. The van der Waals surface area contributed by atoms with Gasteiger partial charge in [0.2, 0.25) is 5.96 Å². The molecule has 0 saturated carbocycles. The molecule has 0 aliphatic rings. The summed E-state index contributed by atoms with van der Waals surface area (Å²) in [6.45, 7) is 1.92. The van der Waals surface area contributed by atoms with Crippen LogP contribution in [0, 0.1) is 6.92 Å². The number of aryl methyl sites for hydroxylation is 1. The van der Waals surface area contributed by atoms with Gasteiger partial charge in [0.25, 0.3) is 0 Å². The minimum atomic E-state index is -0.0541. The lowest BCUT2D eigenvalue weighted by molar-refractivity contribution is 0.402. The number of hydrogen-bond donors (Lipinski definition) is 3. The quantitative estimate of drug-likeness (QED) is 0.396. The molecule has 0 aliphatic carbocycles. The predicted octanol–water partition coefficient (Wildman–Crippen LogP) is 0.613. The monoisotopic (exact) mass is 224 g/mol. The Labute approximate surface area is 94.2 Å². The summed E-state index contributed by atoms with van der Waals surface area (Å²) in [4.78, 5) is 0. The number of nitrogens with one attached hydrogen (secondary N) is 1. The topological polar surface area (TPSA) is 94.9 Å². The molecule has 0 fully saturated rings. The lowest BCUT2D eigenvalue weighted by Gasteiger charge is -2.12. The Morgan fingerprint density at radius 2 is 1.81 bits per heavy atom. The van der Waals surface area contributed by atoms with Gasteiger partial charge >= 0.3 is 0 Å². The Morgan fingerprint density at radius 3 is 2.31 bits per heavy atom. The zero-order valence-electron chi connectivity index (χ0n) is 9.57. The summed E-state index contributed by atoms with van der Waals surface area (Å²) in [5.74, 6) is 1.32. The van der Waals surface area contributed by atoms with Crippen LogP contribution in [0.5, 0.6) is 11.5 Å². The fraction of sp³-hybridized carbons (Fsp3) is 0.300. The third kappa shape index (κ3) is 2.69. The van der Waals surface area contributed by atoms with Crippen molar-refractivity contribution < 1.29 is 9.47 Å². The third-order valence-electron chi connectivity index (χ3n) is 2.02. The van der Waals surface area contributed by atoms with Gasteiger partial charge in [-0.3, -0.25) is 5.43 Å². The van der Waals surface area contributed by atoms with Crippen LogP contribution in [0.2, 0.25) is 0 Å². The van der Waals surface area contributed by atoms with Gasteiger partial charge in [0, 0.05) is 6.07 Å². The Morgan fingerprint density at radius 1 is 1.19 bits per heavy atom. The van der Waals surface area contributed by atoms with E-state index >= 15 is 0 Å². The molecule has 0 heterocycles. The van der Waals surface area contributed by atoms with Crippen LogP contribution in [0.1, 0.15) is 5.56 Å². The molecule has 0 saturated heterocycles. The van der Waals surface area contributed by atoms with Crippen LogP contribution in [-0.4, -0.2) is 20.2 Å². The SMILES string of the molecule is COc1cc(NN=C(N)N)c(OC)cc1C. The highest BCUT2D eigenvalue weighted by atomic mass is 16.5. The van der Waals surface area contributed by atoms with Gasteiger partial charge in [-0.15, -0.1) is 5.10 Å². The lowest BCUT2D eigenvalue weighted by atomic mass is 10.2. The first-order chi connectivity index (χ1) is 7.58. The van der Waals surface area contributed by atoms with Crippen molar-refractivity contribution in [3.63, 3.8) is 0 Å². The van der Waals surface area contributed by atoms with Crippen molar-refractivity contribution >= 4 is 11.6 Å². The number of guanidine groups is 1. The van der Waals surface area contributed by atoms with E-state index in [0.29, 0.717) is 11.4 Å². The predicted molar refractivity (Wildman–Crippen MR) is 63.7 cm³/mol. The fourth-order valence-electron chi connectivity index (χ4n) is 1.26. The first-order valence-corrected chi connectivity index (χ1v) is 4.65. The molecule has 0 spiro atoms. The zero-order valence-corrected chi connectivity index (χ0v) is 9.57. The van der Waals surface area contributed by atoms with Crippen molar-refractivity contribution in [1.82, 2.24) is 0 Å². The maximum absolute atomic E-state index is 5.23. The number of nitrogens with two attached hydrogens (primary N) is 2. The van der Waals surface area contributed by atoms with Crippen LogP contribution in [0.4, 0.5) is 5.69 Å². The number of hydrazone groups is 1. The molecule has 0 bridgehead atoms. The number of nitrogens with zero attached hydrogens (tertiary/aromatic N) is 1. The van der Waals surface area contributed by atoms with Crippen molar-refractivity contribution in [2.45, 2.75) is 6.92 Å². The zero-order chi connectivity index (χ0) is 12.1. The Balaban J connectivity index is 3.09. The van der Waals surface area contributed by atoms with Crippen LogP contribution in [0.25, 0.3) is 0 Å². The normalized spacial score (nSPS) is 9.44. The first-order valence-electron chi connectivity index (χ1n) is 4.65. The van der Waals surface area contributed by atoms with E-state index in [1.54, 1.807) is 20.3 Å². The minimum absolute atomic E-state index is 0.0541. The molecule has 1 aromatic rings. The van der Waals surface area contributed by atoms with Gasteiger partial charge in [0.15, 0.2) is 0 Å². The number of anilines is 1. The van der Waals surface area contributed by atoms with Gasteiger partial charge in [-0.2, -0.15) is 0 Å². The van der Waals surface area contributed by atoms with Crippen molar-refractivity contribution in [1.29, 1.82) is 0 Å². The standard InChI is InChI=1S/C10H16N4O2/c1-6-4-9(16-3)7(5-8(6)15-2)13-14-10(11)12/h4-5,13H,1-3H3,(H4,11,12,14). The Kier molecular flexibility index (Phi) is 3.82. The number of benzene rings is 1. The van der Waals surface area contributed by atoms with Crippen LogP contribution in [0.3, 0.4) is 0 Å². The van der Waals surface area contributed by atoms with Crippen molar-refractivity contribution in [3.8, 4) is 11.5 Å². The first kappa shape index (κ1) is 12.0. The summed E-state index contributed by atoms with van der Waals surface area (Å²) in [5.41, 5.74) is 14.8. The third-order valence-corrected chi connectivity index (χ3v) is 2.02. The van der Waals surface area contributed by atoms with Crippen molar-refractivity contribution in [2.75, 3.05) is 19.6 Å². The molecule has 0 aliphatic heterocycles. The highest BCUT2D eigenvalue weighted by Crippen LogP contribution is 2.32. The van der Waals surface area contributed by atoms with E-state index in [1.165, 1.54) is 0 Å². The van der Waals surface area contributed by atoms with Gasteiger partial charge in [0.05, 0.1) is 14.2 Å². The molecule has 6 nitrogen and oxygen atoms in total. The Bertz CT molecular complexity index is 400. The van der Waals surface area contributed by atoms with Crippen LogP contribution in [-0.2, 0) is 0 Å². The molecule has 16 heavy (non-hydrogen) atoms. The van der Waals surface area contributed by atoms with E-state index in [4.69, 9.17) is 20.9 Å². The van der Waals surface area contributed by atoms with Gasteiger partial charge in [0.1, 0.15) is 17.2 Å². The highest BCUT2D eigenvalue weighted by molar-refractivity contribution is 5.77.